The molecule has 106 valence electrons. The number of rotatable bonds is 5. The molecule has 2 atom stereocenters. The highest BCUT2D eigenvalue weighted by Gasteiger charge is 2.22. The van der Waals surface area contributed by atoms with Gasteiger partial charge in [-0.3, -0.25) is 0 Å². The fourth-order valence-electron chi connectivity index (χ4n) is 2.77. The van der Waals surface area contributed by atoms with E-state index < -0.39 is 0 Å². The van der Waals surface area contributed by atoms with Crippen molar-refractivity contribution < 1.29 is 4.74 Å². The van der Waals surface area contributed by atoms with Gasteiger partial charge in [0.1, 0.15) is 5.75 Å². The lowest BCUT2D eigenvalue weighted by Crippen LogP contribution is -2.16. The largest absolute Gasteiger partial charge is 0.494 e. The fourth-order valence-corrected chi connectivity index (χ4v) is 4.17. The van der Waals surface area contributed by atoms with Crippen molar-refractivity contribution in [2.75, 3.05) is 12.3 Å². The van der Waals surface area contributed by atoms with Crippen molar-refractivity contribution in [1.82, 2.24) is 0 Å². The maximum atomic E-state index is 6.09. The molecule has 0 heterocycles. The van der Waals surface area contributed by atoms with Crippen LogP contribution in [0, 0.1) is 5.92 Å². The van der Waals surface area contributed by atoms with E-state index in [9.17, 15) is 0 Å². The predicted octanol–water partition coefficient (Wildman–Crippen LogP) is 4.73. The fraction of sp³-hybridized carbons (Fsp3) is 0.625. The summed E-state index contributed by atoms with van der Waals surface area (Å²) >= 11 is 1.95. The van der Waals surface area contributed by atoms with E-state index in [1.807, 2.05) is 30.8 Å². The number of benzene rings is 1. The van der Waals surface area contributed by atoms with Crippen molar-refractivity contribution in [2.45, 2.75) is 56.1 Å². The standard InChI is InChI=1S/C16H25NOS/c1-3-12-6-5-7-14(10-12)19-16-11-13(18-4-2)8-9-15(16)17/h8-9,11-12,14H,3-7,10,17H2,1-2H3. The molecule has 1 saturated carbocycles. The van der Waals surface area contributed by atoms with E-state index in [1.165, 1.54) is 37.0 Å². The summed E-state index contributed by atoms with van der Waals surface area (Å²) in [5, 5.41) is 0.720. The van der Waals surface area contributed by atoms with Crippen molar-refractivity contribution in [2.24, 2.45) is 5.92 Å². The molecule has 1 aromatic carbocycles. The molecular formula is C16H25NOS. The Kier molecular flexibility index (Phi) is 5.44. The molecule has 2 N–H and O–H groups in total. The topological polar surface area (TPSA) is 35.2 Å². The lowest BCUT2D eigenvalue weighted by molar-refractivity contribution is 0.339. The first-order chi connectivity index (χ1) is 9.22. The molecule has 0 amide bonds. The number of anilines is 1. The van der Waals surface area contributed by atoms with E-state index in [-0.39, 0.29) is 0 Å². The van der Waals surface area contributed by atoms with Gasteiger partial charge in [-0.1, -0.05) is 26.2 Å². The molecule has 2 nitrogen and oxygen atoms in total. The molecule has 1 fully saturated rings. The van der Waals surface area contributed by atoms with E-state index in [0.717, 1.165) is 22.6 Å². The monoisotopic (exact) mass is 279 g/mol. The van der Waals surface area contributed by atoms with Gasteiger partial charge < -0.3 is 10.5 Å². The van der Waals surface area contributed by atoms with Crippen molar-refractivity contribution in [3.05, 3.63) is 18.2 Å². The summed E-state index contributed by atoms with van der Waals surface area (Å²) in [6.07, 6.45) is 6.73. The minimum absolute atomic E-state index is 0.704. The Morgan fingerprint density at radius 2 is 2.16 bits per heavy atom. The maximum absolute atomic E-state index is 6.09. The van der Waals surface area contributed by atoms with E-state index >= 15 is 0 Å². The molecule has 0 aliphatic heterocycles. The molecule has 0 saturated heterocycles. The van der Waals surface area contributed by atoms with Crippen LogP contribution in [0.5, 0.6) is 5.75 Å². The number of hydrogen-bond acceptors (Lipinski definition) is 3. The first-order valence-corrected chi connectivity index (χ1v) is 8.29. The lowest BCUT2D eigenvalue weighted by atomic mass is 9.87. The highest BCUT2D eigenvalue weighted by Crippen LogP contribution is 2.40. The van der Waals surface area contributed by atoms with Crippen molar-refractivity contribution in [3.63, 3.8) is 0 Å². The van der Waals surface area contributed by atoms with Crippen LogP contribution in [0.2, 0.25) is 0 Å². The molecule has 0 spiro atoms. The number of thioether (sulfide) groups is 1. The number of nitrogens with two attached hydrogens (primary N) is 1. The van der Waals surface area contributed by atoms with Gasteiger partial charge in [-0.2, -0.15) is 0 Å². The van der Waals surface area contributed by atoms with E-state index in [4.69, 9.17) is 10.5 Å². The normalized spacial score (nSPS) is 23.3. The van der Waals surface area contributed by atoms with Crippen LogP contribution in [-0.2, 0) is 0 Å². The molecule has 0 radical (unpaired) electrons. The zero-order valence-electron chi connectivity index (χ0n) is 12.0. The summed E-state index contributed by atoms with van der Waals surface area (Å²) in [6.45, 7) is 5.02. The quantitative estimate of drug-likeness (QED) is 0.791. The van der Waals surface area contributed by atoms with Crippen LogP contribution in [0.3, 0.4) is 0 Å². The summed E-state index contributed by atoms with van der Waals surface area (Å²) in [4.78, 5) is 1.19. The van der Waals surface area contributed by atoms with Gasteiger partial charge in [-0.15, -0.1) is 11.8 Å². The minimum atomic E-state index is 0.704. The second-order valence-electron chi connectivity index (χ2n) is 5.31. The molecule has 1 aromatic rings. The zero-order chi connectivity index (χ0) is 13.7. The Morgan fingerprint density at radius 1 is 1.32 bits per heavy atom. The Morgan fingerprint density at radius 3 is 2.89 bits per heavy atom. The zero-order valence-corrected chi connectivity index (χ0v) is 12.8. The van der Waals surface area contributed by atoms with Crippen LogP contribution in [0.1, 0.15) is 46.0 Å². The van der Waals surface area contributed by atoms with Gasteiger partial charge in [-0.05, 0) is 43.9 Å². The summed E-state index contributed by atoms with van der Waals surface area (Å²) < 4.78 is 5.56. The number of ether oxygens (including phenoxy) is 1. The van der Waals surface area contributed by atoms with Gasteiger partial charge in [0.05, 0.1) is 6.61 Å². The Balaban J connectivity index is 2.03. The first-order valence-electron chi connectivity index (χ1n) is 7.41. The van der Waals surface area contributed by atoms with Gasteiger partial charge >= 0.3 is 0 Å². The van der Waals surface area contributed by atoms with Crippen LogP contribution >= 0.6 is 11.8 Å². The molecule has 3 heteroatoms. The smallest absolute Gasteiger partial charge is 0.120 e. The van der Waals surface area contributed by atoms with Gasteiger partial charge in [-0.25, -0.2) is 0 Å². The van der Waals surface area contributed by atoms with Crippen LogP contribution in [0.25, 0.3) is 0 Å². The summed E-state index contributed by atoms with van der Waals surface area (Å²) in [5.74, 6) is 1.84. The van der Waals surface area contributed by atoms with E-state index in [0.29, 0.717) is 6.61 Å². The molecular weight excluding hydrogens is 254 g/mol. The van der Waals surface area contributed by atoms with Crippen LogP contribution in [0.4, 0.5) is 5.69 Å². The molecule has 2 rings (SSSR count). The lowest BCUT2D eigenvalue weighted by Gasteiger charge is -2.28. The van der Waals surface area contributed by atoms with Crippen molar-refractivity contribution in [1.29, 1.82) is 0 Å². The highest BCUT2D eigenvalue weighted by atomic mass is 32.2. The summed E-state index contributed by atoms with van der Waals surface area (Å²) in [6, 6.07) is 6.02. The third-order valence-electron chi connectivity index (χ3n) is 3.90. The summed E-state index contributed by atoms with van der Waals surface area (Å²) in [5.41, 5.74) is 6.98. The van der Waals surface area contributed by atoms with Gasteiger partial charge in [0, 0.05) is 15.8 Å². The number of hydrogen-bond donors (Lipinski definition) is 1. The Bertz CT molecular complexity index is 408. The Labute approximate surface area is 121 Å². The van der Waals surface area contributed by atoms with E-state index in [2.05, 4.69) is 13.0 Å². The molecule has 1 aliphatic rings. The molecule has 2 unspecified atom stereocenters. The second-order valence-corrected chi connectivity index (χ2v) is 6.66. The van der Waals surface area contributed by atoms with Crippen molar-refractivity contribution in [3.8, 4) is 5.75 Å². The van der Waals surface area contributed by atoms with Gasteiger partial charge in [0.15, 0.2) is 0 Å². The predicted molar refractivity (Wildman–Crippen MR) is 83.9 cm³/mol. The maximum Gasteiger partial charge on any atom is 0.120 e. The first kappa shape index (κ1) is 14.6. The van der Waals surface area contributed by atoms with E-state index in [1.54, 1.807) is 0 Å². The third kappa shape index (κ3) is 4.07. The van der Waals surface area contributed by atoms with Crippen molar-refractivity contribution >= 4 is 17.4 Å². The highest BCUT2D eigenvalue weighted by molar-refractivity contribution is 8.00. The van der Waals surface area contributed by atoms with Gasteiger partial charge in [0.2, 0.25) is 0 Å². The van der Waals surface area contributed by atoms with Crippen LogP contribution < -0.4 is 10.5 Å². The average Bonchev–Trinajstić information content (AvgIpc) is 2.43. The van der Waals surface area contributed by atoms with Crippen LogP contribution in [0.15, 0.2) is 23.1 Å². The van der Waals surface area contributed by atoms with Crippen LogP contribution in [-0.4, -0.2) is 11.9 Å². The number of nitrogen functional groups attached to an aromatic ring is 1. The molecule has 0 bridgehead atoms. The summed E-state index contributed by atoms with van der Waals surface area (Å²) in [7, 11) is 0. The molecule has 19 heavy (non-hydrogen) atoms. The third-order valence-corrected chi connectivity index (χ3v) is 5.27. The molecule has 0 aromatic heterocycles. The molecule has 1 aliphatic carbocycles. The minimum Gasteiger partial charge on any atom is -0.494 e. The second kappa shape index (κ2) is 7.09. The Hall–Kier alpha value is -0.830. The average molecular weight is 279 g/mol. The van der Waals surface area contributed by atoms with Gasteiger partial charge in [0.25, 0.3) is 0 Å². The SMILES string of the molecule is CCOc1ccc(N)c(SC2CCCC(CC)C2)c1.